The number of aromatic amines is 1. The third-order valence-electron chi connectivity index (χ3n) is 5.16. The van der Waals surface area contributed by atoms with Crippen LogP contribution in [0.25, 0.3) is 16.6 Å². The summed E-state index contributed by atoms with van der Waals surface area (Å²) in [6.45, 7) is 1.35. The number of fused-ring (bicyclic) bond motifs is 1. The van der Waals surface area contributed by atoms with E-state index in [4.69, 9.17) is 4.74 Å². The van der Waals surface area contributed by atoms with Crippen LogP contribution in [0.15, 0.2) is 83.5 Å². The fourth-order valence-electron chi connectivity index (χ4n) is 3.33. The van der Waals surface area contributed by atoms with Crippen molar-refractivity contribution in [2.75, 3.05) is 4.72 Å². The first-order valence-electron chi connectivity index (χ1n) is 10.6. The number of aliphatic hydroxyl groups excluding tert-OH is 1. The number of esters is 1. The standard InChI is InChI=1S/C25H19FN4O5S/c1-15(23(31)18(14-27)24-28-21-11-4-5-12-22(21)29-24)35-25(32)16-7-6-8-17(13-16)36(33,34)30-20-10-3-2-9-19(20)26/h2-13,15,30-31H,1H3,(H,28,29)/t15-/m0/s1. The Kier molecular flexibility index (Phi) is 6.71. The van der Waals surface area contributed by atoms with Crippen LogP contribution in [0.4, 0.5) is 10.1 Å². The van der Waals surface area contributed by atoms with E-state index in [2.05, 4.69) is 14.7 Å². The number of aromatic nitrogens is 2. The molecule has 3 aromatic carbocycles. The number of ether oxygens (including phenoxy) is 1. The first kappa shape index (κ1) is 24.4. The van der Waals surface area contributed by atoms with E-state index in [-0.39, 0.29) is 27.5 Å². The monoisotopic (exact) mass is 506 g/mol. The minimum Gasteiger partial charge on any atom is -0.507 e. The Morgan fingerprint density at radius 2 is 1.86 bits per heavy atom. The molecule has 1 atom stereocenters. The van der Waals surface area contributed by atoms with Crippen molar-refractivity contribution in [3.8, 4) is 6.07 Å². The Balaban J connectivity index is 1.55. The van der Waals surface area contributed by atoms with E-state index in [0.29, 0.717) is 11.0 Å². The molecule has 1 heterocycles. The molecular formula is C25H19FN4O5S. The number of para-hydroxylation sites is 3. The molecule has 0 radical (unpaired) electrons. The van der Waals surface area contributed by atoms with Gasteiger partial charge in [0.15, 0.2) is 17.7 Å². The van der Waals surface area contributed by atoms with Crippen LogP contribution in [0.3, 0.4) is 0 Å². The zero-order valence-electron chi connectivity index (χ0n) is 18.8. The van der Waals surface area contributed by atoms with E-state index >= 15 is 0 Å². The number of hydrogen-bond donors (Lipinski definition) is 3. The van der Waals surface area contributed by atoms with E-state index in [1.807, 2.05) is 6.07 Å². The van der Waals surface area contributed by atoms with Crippen molar-refractivity contribution in [3.05, 3.63) is 95.8 Å². The van der Waals surface area contributed by atoms with Gasteiger partial charge >= 0.3 is 5.97 Å². The number of hydrogen-bond acceptors (Lipinski definition) is 7. The van der Waals surface area contributed by atoms with Gasteiger partial charge in [0.05, 0.1) is 27.2 Å². The summed E-state index contributed by atoms with van der Waals surface area (Å²) >= 11 is 0. The lowest BCUT2D eigenvalue weighted by atomic mass is 10.1. The van der Waals surface area contributed by atoms with Gasteiger partial charge in [-0.3, -0.25) is 4.72 Å². The second kappa shape index (κ2) is 9.89. The molecule has 9 nitrogen and oxygen atoms in total. The number of carbonyl (C=O) groups is 1. The first-order valence-corrected chi connectivity index (χ1v) is 12.0. The van der Waals surface area contributed by atoms with E-state index in [1.165, 1.54) is 43.3 Å². The second-order valence-corrected chi connectivity index (χ2v) is 9.32. The van der Waals surface area contributed by atoms with Crippen LogP contribution in [0.2, 0.25) is 0 Å². The summed E-state index contributed by atoms with van der Waals surface area (Å²) in [6.07, 6.45) is -1.25. The van der Waals surface area contributed by atoms with E-state index in [0.717, 1.165) is 12.1 Å². The largest absolute Gasteiger partial charge is 0.507 e. The molecule has 0 bridgehead atoms. The van der Waals surface area contributed by atoms with Gasteiger partial charge in [-0.1, -0.05) is 30.3 Å². The molecule has 3 N–H and O–H groups in total. The number of benzene rings is 3. The van der Waals surface area contributed by atoms with Gasteiger partial charge in [-0.15, -0.1) is 0 Å². The number of nitrogens with one attached hydrogen (secondary N) is 2. The Hall–Kier alpha value is -4.69. The zero-order chi connectivity index (χ0) is 25.9. The Morgan fingerprint density at radius 3 is 2.58 bits per heavy atom. The molecule has 0 aliphatic heterocycles. The smallest absolute Gasteiger partial charge is 0.338 e. The summed E-state index contributed by atoms with van der Waals surface area (Å²) in [7, 11) is -4.21. The number of nitriles is 1. The molecule has 4 aromatic rings. The normalized spacial score (nSPS) is 12.9. The van der Waals surface area contributed by atoms with Gasteiger partial charge in [0.2, 0.25) is 0 Å². The summed E-state index contributed by atoms with van der Waals surface area (Å²) in [5, 5.41) is 20.2. The number of aliphatic hydroxyl groups is 1. The summed E-state index contributed by atoms with van der Waals surface area (Å²) in [4.78, 5) is 19.6. The fraction of sp³-hybridized carbons (Fsp3) is 0.0800. The van der Waals surface area contributed by atoms with Gasteiger partial charge in [-0.2, -0.15) is 5.26 Å². The number of H-pyrrole nitrogens is 1. The number of sulfonamides is 1. The number of rotatable bonds is 7. The fourth-order valence-corrected chi connectivity index (χ4v) is 4.44. The number of nitrogens with zero attached hydrogens (tertiary/aromatic N) is 2. The molecule has 11 heteroatoms. The second-order valence-electron chi connectivity index (χ2n) is 7.64. The lowest BCUT2D eigenvalue weighted by Gasteiger charge is -2.14. The molecular weight excluding hydrogens is 487 g/mol. The molecule has 36 heavy (non-hydrogen) atoms. The minimum absolute atomic E-state index is 0.103. The molecule has 0 aliphatic rings. The molecule has 0 saturated heterocycles. The van der Waals surface area contributed by atoms with Crippen molar-refractivity contribution >= 4 is 38.3 Å². The van der Waals surface area contributed by atoms with Gasteiger partial charge in [0, 0.05) is 0 Å². The SMILES string of the molecule is C[C@H](OC(=O)c1cccc(S(=O)(=O)Nc2ccccc2F)c1)C(O)=C(C#N)c1nc2ccccc2[nH]1. The summed E-state index contributed by atoms with van der Waals surface area (Å²) in [6, 6.07) is 19.1. The molecule has 4 rings (SSSR count). The molecule has 0 amide bonds. The van der Waals surface area contributed by atoms with Crippen molar-refractivity contribution in [3.63, 3.8) is 0 Å². The van der Waals surface area contributed by atoms with Crippen LogP contribution in [0.5, 0.6) is 0 Å². The molecule has 0 spiro atoms. The number of allylic oxidation sites excluding steroid dienone is 1. The van der Waals surface area contributed by atoms with Crippen LogP contribution in [-0.4, -0.2) is 35.6 Å². The number of anilines is 1. The number of halogens is 1. The van der Waals surface area contributed by atoms with E-state index < -0.39 is 33.7 Å². The summed E-state index contributed by atoms with van der Waals surface area (Å²) in [5.41, 5.74) is 0.647. The lowest BCUT2D eigenvalue weighted by Crippen LogP contribution is -2.19. The predicted octanol–water partition coefficient (Wildman–Crippen LogP) is 4.54. The first-order chi connectivity index (χ1) is 17.2. The van der Waals surface area contributed by atoms with Crippen LogP contribution < -0.4 is 4.72 Å². The van der Waals surface area contributed by atoms with Gasteiger partial charge in [0.25, 0.3) is 10.0 Å². The Bertz CT molecular complexity index is 1610. The van der Waals surface area contributed by atoms with Gasteiger partial charge in [0.1, 0.15) is 17.5 Å². The van der Waals surface area contributed by atoms with Crippen molar-refractivity contribution in [1.82, 2.24) is 9.97 Å². The predicted molar refractivity (Wildman–Crippen MR) is 130 cm³/mol. The highest BCUT2D eigenvalue weighted by molar-refractivity contribution is 7.92. The van der Waals surface area contributed by atoms with Crippen molar-refractivity contribution in [2.24, 2.45) is 0 Å². The van der Waals surface area contributed by atoms with Crippen LogP contribution in [0, 0.1) is 17.1 Å². The Labute approximate surface area is 205 Å². The number of carbonyl (C=O) groups excluding carboxylic acids is 1. The van der Waals surface area contributed by atoms with Crippen molar-refractivity contribution < 1.29 is 27.4 Å². The highest BCUT2D eigenvalue weighted by atomic mass is 32.2. The Morgan fingerprint density at radius 1 is 1.14 bits per heavy atom. The van der Waals surface area contributed by atoms with Crippen molar-refractivity contribution in [1.29, 1.82) is 5.26 Å². The van der Waals surface area contributed by atoms with Crippen LogP contribution in [0.1, 0.15) is 23.1 Å². The topological polar surface area (TPSA) is 145 Å². The van der Waals surface area contributed by atoms with Gasteiger partial charge < -0.3 is 14.8 Å². The average molecular weight is 507 g/mol. The van der Waals surface area contributed by atoms with Crippen molar-refractivity contribution in [2.45, 2.75) is 17.9 Å². The molecule has 1 aromatic heterocycles. The van der Waals surface area contributed by atoms with E-state index in [9.17, 15) is 28.0 Å². The maximum Gasteiger partial charge on any atom is 0.338 e. The van der Waals surface area contributed by atoms with E-state index in [1.54, 1.807) is 24.3 Å². The third kappa shape index (κ3) is 5.03. The van der Waals surface area contributed by atoms with Gasteiger partial charge in [-0.05, 0) is 49.4 Å². The molecule has 0 fully saturated rings. The minimum atomic E-state index is -4.21. The molecule has 0 saturated carbocycles. The average Bonchev–Trinajstić information content (AvgIpc) is 3.29. The maximum atomic E-state index is 13.9. The maximum absolute atomic E-state index is 13.9. The zero-order valence-corrected chi connectivity index (χ0v) is 19.6. The quantitative estimate of drug-likeness (QED) is 0.189. The van der Waals surface area contributed by atoms with Crippen LogP contribution >= 0.6 is 0 Å². The highest BCUT2D eigenvalue weighted by Gasteiger charge is 2.23. The summed E-state index contributed by atoms with van der Waals surface area (Å²) in [5.74, 6) is -2.13. The third-order valence-corrected chi connectivity index (χ3v) is 6.52. The lowest BCUT2D eigenvalue weighted by molar-refractivity contribution is 0.0334. The molecule has 182 valence electrons. The van der Waals surface area contributed by atoms with Crippen LogP contribution in [-0.2, 0) is 14.8 Å². The summed E-state index contributed by atoms with van der Waals surface area (Å²) < 4.78 is 46.7. The van der Waals surface area contributed by atoms with Gasteiger partial charge in [-0.25, -0.2) is 22.6 Å². The number of imidazole rings is 1. The molecule has 0 aliphatic carbocycles. The highest BCUT2D eigenvalue weighted by Crippen LogP contribution is 2.23. The molecule has 0 unspecified atom stereocenters.